The Labute approximate surface area is 203 Å². The first-order valence-corrected chi connectivity index (χ1v) is 11.9. The smallest absolute Gasteiger partial charge is 0.251 e. The summed E-state index contributed by atoms with van der Waals surface area (Å²) in [7, 11) is 1.74. The van der Waals surface area contributed by atoms with E-state index in [1.165, 1.54) is 0 Å². The highest BCUT2D eigenvalue weighted by molar-refractivity contribution is 5.80. The molecule has 0 amide bonds. The molecule has 0 saturated carbocycles. The van der Waals surface area contributed by atoms with Gasteiger partial charge in [-0.05, 0) is 36.6 Å². The first kappa shape index (κ1) is 23.3. The van der Waals surface area contributed by atoms with Crippen LogP contribution in [0.1, 0.15) is 17.7 Å². The van der Waals surface area contributed by atoms with E-state index in [4.69, 9.17) is 14.2 Å². The Kier molecular flexibility index (Phi) is 6.95. The van der Waals surface area contributed by atoms with Crippen molar-refractivity contribution in [1.29, 1.82) is 5.26 Å². The number of piperidine rings is 1. The summed E-state index contributed by atoms with van der Waals surface area (Å²) in [6, 6.07) is 13.1. The van der Waals surface area contributed by atoms with Gasteiger partial charge in [-0.2, -0.15) is 5.26 Å². The van der Waals surface area contributed by atoms with Gasteiger partial charge < -0.3 is 24.1 Å². The van der Waals surface area contributed by atoms with Gasteiger partial charge in [-0.25, -0.2) is 0 Å². The Morgan fingerprint density at radius 1 is 1.17 bits per heavy atom. The van der Waals surface area contributed by atoms with Crippen LogP contribution in [0.3, 0.4) is 0 Å². The van der Waals surface area contributed by atoms with Gasteiger partial charge >= 0.3 is 0 Å². The Morgan fingerprint density at radius 2 is 2.00 bits per heavy atom. The molecule has 5 rings (SSSR count). The number of pyridine rings is 2. The molecule has 0 radical (unpaired) electrons. The number of benzene rings is 1. The second-order valence-corrected chi connectivity index (χ2v) is 8.88. The molecule has 1 aromatic carbocycles. The average Bonchev–Trinajstić information content (AvgIpc) is 2.91. The van der Waals surface area contributed by atoms with Crippen molar-refractivity contribution in [2.75, 3.05) is 40.0 Å². The fourth-order valence-corrected chi connectivity index (χ4v) is 4.81. The van der Waals surface area contributed by atoms with Crippen molar-refractivity contribution in [3.05, 3.63) is 64.2 Å². The van der Waals surface area contributed by atoms with Gasteiger partial charge in [-0.15, -0.1) is 0 Å². The van der Waals surface area contributed by atoms with Crippen LogP contribution in [0.25, 0.3) is 10.9 Å². The number of aromatic nitrogens is 2. The summed E-state index contributed by atoms with van der Waals surface area (Å²) >= 11 is 0. The van der Waals surface area contributed by atoms with Crippen LogP contribution in [0.4, 0.5) is 0 Å². The minimum absolute atomic E-state index is 0.0235. The van der Waals surface area contributed by atoms with Gasteiger partial charge in [-0.1, -0.05) is 6.07 Å². The van der Waals surface area contributed by atoms with Crippen LogP contribution in [-0.2, 0) is 17.8 Å². The van der Waals surface area contributed by atoms with Crippen molar-refractivity contribution in [1.82, 2.24) is 19.8 Å². The summed E-state index contributed by atoms with van der Waals surface area (Å²) in [5.74, 6) is 1.43. The molecule has 3 aromatic rings. The quantitative estimate of drug-likeness (QED) is 0.553. The number of ether oxygens (including phenoxy) is 3. The highest BCUT2D eigenvalue weighted by Crippen LogP contribution is 2.29. The van der Waals surface area contributed by atoms with Crippen LogP contribution in [0, 0.1) is 11.3 Å². The molecule has 1 fully saturated rings. The zero-order chi connectivity index (χ0) is 24.2. The van der Waals surface area contributed by atoms with E-state index in [-0.39, 0.29) is 17.7 Å². The van der Waals surface area contributed by atoms with Crippen molar-refractivity contribution in [2.24, 2.45) is 0 Å². The monoisotopic (exact) mass is 475 g/mol. The highest BCUT2D eigenvalue weighted by Gasteiger charge is 2.29. The Bertz CT molecular complexity index is 1300. The molecule has 0 spiro atoms. The molecular formula is C26H29N5O4. The van der Waals surface area contributed by atoms with Crippen molar-refractivity contribution < 1.29 is 14.2 Å². The minimum atomic E-state index is -0.0561. The van der Waals surface area contributed by atoms with Crippen LogP contribution in [0.15, 0.2) is 47.4 Å². The fourth-order valence-electron chi connectivity index (χ4n) is 4.81. The van der Waals surface area contributed by atoms with Gasteiger partial charge in [0.25, 0.3) is 5.56 Å². The molecule has 2 aliphatic heterocycles. The number of hydrogen-bond donors (Lipinski definition) is 1. The first-order chi connectivity index (χ1) is 17.1. The van der Waals surface area contributed by atoms with Crippen molar-refractivity contribution in [2.45, 2.75) is 31.7 Å². The summed E-state index contributed by atoms with van der Waals surface area (Å²) < 4.78 is 18.8. The summed E-state index contributed by atoms with van der Waals surface area (Å²) in [6.07, 6.45) is 2.67. The fraction of sp³-hybridized carbons (Fsp3) is 0.423. The molecule has 0 unspecified atom stereocenters. The van der Waals surface area contributed by atoms with E-state index < -0.39 is 0 Å². The molecule has 2 aliphatic rings. The van der Waals surface area contributed by atoms with E-state index in [0.717, 1.165) is 48.4 Å². The highest BCUT2D eigenvalue weighted by atomic mass is 16.6. The van der Waals surface area contributed by atoms with Crippen LogP contribution in [0.2, 0.25) is 0 Å². The summed E-state index contributed by atoms with van der Waals surface area (Å²) in [5, 5.41) is 13.8. The van der Waals surface area contributed by atoms with Gasteiger partial charge in [0, 0.05) is 51.5 Å². The third kappa shape index (κ3) is 5.15. The number of methoxy groups -OCH3 is 1. The summed E-state index contributed by atoms with van der Waals surface area (Å²) in [5.41, 5.74) is 2.19. The standard InChI is InChI=1S/C26H29N5O4/c1-33-25-17-30(8-9-31-22-12-18(14-27)2-3-19(22)4-5-26(31)32)7-6-21(25)29-15-20-13-23-24(16-28-20)35-11-10-34-23/h2-5,12-13,16,21,25,29H,6-11,15,17H2,1H3/t21-,25-/m0/s1. The van der Waals surface area contributed by atoms with E-state index in [9.17, 15) is 10.1 Å². The van der Waals surface area contributed by atoms with Gasteiger partial charge in [0.1, 0.15) is 13.2 Å². The van der Waals surface area contributed by atoms with E-state index in [1.54, 1.807) is 36.1 Å². The minimum Gasteiger partial charge on any atom is -0.486 e. The summed E-state index contributed by atoms with van der Waals surface area (Å²) in [4.78, 5) is 19.4. The molecule has 9 heteroatoms. The molecule has 35 heavy (non-hydrogen) atoms. The van der Waals surface area contributed by atoms with Crippen LogP contribution >= 0.6 is 0 Å². The largest absolute Gasteiger partial charge is 0.486 e. The molecule has 2 aromatic heterocycles. The lowest BCUT2D eigenvalue weighted by atomic mass is 10.0. The molecule has 182 valence electrons. The lowest BCUT2D eigenvalue weighted by molar-refractivity contribution is 0.00441. The lowest BCUT2D eigenvalue weighted by Gasteiger charge is -2.38. The number of rotatable bonds is 7. The van der Waals surface area contributed by atoms with E-state index in [2.05, 4.69) is 21.3 Å². The average molecular weight is 476 g/mol. The summed E-state index contributed by atoms with van der Waals surface area (Å²) in [6.45, 7) is 4.68. The topological polar surface area (TPSA) is 102 Å². The number of nitrogens with zero attached hydrogens (tertiary/aromatic N) is 4. The van der Waals surface area contributed by atoms with Crippen molar-refractivity contribution in [3.63, 3.8) is 0 Å². The molecule has 0 aliphatic carbocycles. The van der Waals surface area contributed by atoms with Gasteiger partial charge in [-0.3, -0.25) is 14.7 Å². The zero-order valence-corrected chi connectivity index (χ0v) is 19.8. The molecule has 2 atom stereocenters. The predicted molar refractivity (Wildman–Crippen MR) is 131 cm³/mol. The molecule has 4 heterocycles. The normalized spacial score (nSPS) is 20.0. The van der Waals surface area contributed by atoms with Crippen molar-refractivity contribution >= 4 is 10.9 Å². The Balaban J connectivity index is 1.20. The van der Waals surface area contributed by atoms with Crippen LogP contribution in [0.5, 0.6) is 11.5 Å². The molecule has 1 N–H and O–H groups in total. The number of nitriles is 1. The van der Waals surface area contributed by atoms with E-state index in [1.807, 2.05) is 18.2 Å². The van der Waals surface area contributed by atoms with Gasteiger partial charge in [0.05, 0.1) is 35.1 Å². The second-order valence-electron chi connectivity index (χ2n) is 8.88. The van der Waals surface area contributed by atoms with Crippen LogP contribution in [-0.4, -0.2) is 66.6 Å². The number of likely N-dealkylation sites (tertiary alicyclic amines) is 1. The second kappa shape index (κ2) is 10.4. The lowest BCUT2D eigenvalue weighted by Crippen LogP contribution is -2.53. The molecular weight excluding hydrogens is 446 g/mol. The Hall–Kier alpha value is -3.45. The first-order valence-electron chi connectivity index (χ1n) is 11.9. The maximum atomic E-state index is 12.6. The van der Waals surface area contributed by atoms with Gasteiger partial charge in [0.15, 0.2) is 11.5 Å². The number of hydrogen-bond acceptors (Lipinski definition) is 8. The molecule has 0 bridgehead atoms. The third-order valence-corrected chi connectivity index (χ3v) is 6.74. The van der Waals surface area contributed by atoms with Crippen molar-refractivity contribution in [3.8, 4) is 17.6 Å². The van der Waals surface area contributed by atoms with E-state index in [0.29, 0.717) is 37.6 Å². The van der Waals surface area contributed by atoms with E-state index >= 15 is 0 Å². The maximum absolute atomic E-state index is 12.6. The zero-order valence-electron chi connectivity index (χ0n) is 19.8. The molecule has 9 nitrogen and oxygen atoms in total. The molecule has 1 saturated heterocycles. The maximum Gasteiger partial charge on any atom is 0.251 e. The Morgan fingerprint density at radius 3 is 2.83 bits per heavy atom. The third-order valence-electron chi connectivity index (χ3n) is 6.74. The number of nitrogens with one attached hydrogen (secondary N) is 1. The SMILES string of the molecule is CO[C@H]1CN(CCn2c(=O)ccc3ccc(C#N)cc32)CC[C@@H]1NCc1cc2c(cn1)OCCO2. The number of fused-ring (bicyclic) bond motifs is 2. The predicted octanol–water partition coefficient (Wildman–Crippen LogP) is 1.92. The van der Waals surface area contributed by atoms with Gasteiger partial charge in [0.2, 0.25) is 0 Å². The van der Waals surface area contributed by atoms with Crippen LogP contribution < -0.4 is 20.3 Å².